The number of nitrogens with two attached hydrogens (primary N) is 1. The molecule has 0 saturated heterocycles. The fourth-order valence-electron chi connectivity index (χ4n) is 1.68. The third kappa shape index (κ3) is 2.22. The SMILES string of the molecule is CN1Oc2cccc(CCCCN)c2O1. The minimum absolute atomic E-state index is 0.742. The maximum Gasteiger partial charge on any atom is 0.199 e. The number of fused-ring (bicyclic) bond motifs is 1. The Labute approximate surface area is 89.5 Å². The van der Waals surface area contributed by atoms with Crippen molar-refractivity contribution in [1.29, 1.82) is 0 Å². The molecule has 1 aromatic carbocycles. The topological polar surface area (TPSA) is 47.7 Å². The van der Waals surface area contributed by atoms with E-state index >= 15 is 0 Å². The van der Waals surface area contributed by atoms with Crippen molar-refractivity contribution in [3.8, 4) is 11.5 Å². The molecule has 4 heteroatoms. The number of benzene rings is 1. The quantitative estimate of drug-likeness (QED) is 0.762. The van der Waals surface area contributed by atoms with E-state index in [0.717, 1.165) is 37.3 Å². The van der Waals surface area contributed by atoms with Gasteiger partial charge in [-0.05, 0) is 31.9 Å². The average molecular weight is 208 g/mol. The van der Waals surface area contributed by atoms with Gasteiger partial charge < -0.3 is 15.4 Å². The van der Waals surface area contributed by atoms with Crippen LogP contribution in [-0.4, -0.2) is 18.8 Å². The van der Waals surface area contributed by atoms with Crippen LogP contribution >= 0.6 is 0 Å². The minimum atomic E-state index is 0.742. The van der Waals surface area contributed by atoms with E-state index in [-0.39, 0.29) is 0 Å². The Morgan fingerprint density at radius 1 is 1.27 bits per heavy atom. The first-order valence-electron chi connectivity index (χ1n) is 5.23. The summed E-state index contributed by atoms with van der Waals surface area (Å²) in [5.41, 5.74) is 6.65. The Balaban J connectivity index is 2.09. The van der Waals surface area contributed by atoms with Crippen LogP contribution in [0.15, 0.2) is 18.2 Å². The molecule has 0 aliphatic carbocycles. The lowest BCUT2D eigenvalue weighted by Crippen LogP contribution is -2.19. The van der Waals surface area contributed by atoms with Crippen LogP contribution < -0.4 is 15.4 Å². The van der Waals surface area contributed by atoms with Crippen LogP contribution in [0.4, 0.5) is 0 Å². The lowest BCUT2D eigenvalue weighted by molar-refractivity contribution is -0.204. The molecule has 0 saturated carbocycles. The van der Waals surface area contributed by atoms with E-state index in [1.807, 2.05) is 12.1 Å². The largest absolute Gasteiger partial charge is 0.367 e. The van der Waals surface area contributed by atoms with Crippen molar-refractivity contribution in [3.63, 3.8) is 0 Å². The van der Waals surface area contributed by atoms with E-state index in [1.54, 1.807) is 7.05 Å². The molecule has 82 valence electrons. The second kappa shape index (κ2) is 4.51. The van der Waals surface area contributed by atoms with Gasteiger partial charge >= 0.3 is 0 Å². The van der Waals surface area contributed by atoms with Crippen molar-refractivity contribution in [3.05, 3.63) is 23.8 Å². The van der Waals surface area contributed by atoms with Gasteiger partial charge in [0.25, 0.3) is 0 Å². The molecule has 4 nitrogen and oxygen atoms in total. The van der Waals surface area contributed by atoms with Crippen LogP contribution in [0.25, 0.3) is 0 Å². The zero-order valence-corrected chi connectivity index (χ0v) is 8.90. The van der Waals surface area contributed by atoms with Gasteiger partial charge in [-0.15, -0.1) is 0 Å². The van der Waals surface area contributed by atoms with Crippen LogP contribution in [0.2, 0.25) is 0 Å². The number of hydrogen-bond donors (Lipinski definition) is 1. The second-order valence-corrected chi connectivity index (χ2v) is 3.61. The predicted molar refractivity (Wildman–Crippen MR) is 57.5 cm³/mol. The van der Waals surface area contributed by atoms with Crippen LogP contribution in [0.3, 0.4) is 0 Å². The molecule has 1 aliphatic heterocycles. The average Bonchev–Trinajstić information content (AvgIpc) is 2.59. The highest BCUT2D eigenvalue weighted by Gasteiger charge is 2.22. The van der Waals surface area contributed by atoms with Crippen molar-refractivity contribution in [2.75, 3.05) is 13.6 Å². The minimum Gasteiger partial charge on any atom is -0.367 e. The Kier molecular flexibility index (Phi) is 3.08. The molecule has 2 rings (SSSR count). The number of para-hydroxylation sites is 1. The summed E-state index contributed by atoms with van der Waals surface area (Å²) in [4.78, 5) is 10.8. The Morgan fingerprint density at radius 2 is 2.13 bits per heavy atom. The van der Waals surface area contributed by atoms with Gasteiger partial charge in [-0.2, -0.15) is 0 Å². The molecule has 1 heterocycles. The third-order valence-electron chi connectivity index (χ3n) is 2.41. The number of nitrogens with zero attached hydrogens (tertiary/aromatic N) is 1. The molecule has 0 spiro atoms. The van der Waals surface area contributed by atoms with Crippen LogP contribution in [0.1, 0.15) is 18.4 Å². The Bertz CT molecular complexity index is 341. The Hall–Kier alpha value is -1.26. The molecule has 0 aromatic heterocycles. The third-order valence-corrected chi connectivity index (χ3v) is 2.41. The lowest BCUT2D eigenvalue weighted by Gasteiger charge is -2.05. The number of aryl methyl sites for hydroxylation is 1. The molecule has 1 aromatic rings. The van der Waals surface area contributed by atoms with Gasteiger partial charge in [-0.1, -0.05) is 12.1 Å². The summed E-state index contributed by atoms with van der Waals surface area (Å²) < 4.78 is 0. The summed E-state index contributed by atoms with van der Waals surface area (Å²) in [7, 11) is 1.74. The van der Waals surface area contributed by atoms with Crippen LogP contribution in [0.5, 0.6) is 11.5 Å². The molecular weight excluding hydrogens is 192 g/mol. The molecule has 0 unspecified atom stereocenters. The van der Waals surface area contributed by atoms with Crippen molar-refractivity contribution in [2.24, 2.45) is 5.73 Å². The number of hydrogen-bond acceptors (Lipinski definition) is 4. The van der Waals surface area contributed by atoms with Crippen molar-refractivity contribution >= 4 is 0 Å². The summed E-state index contributed by atoms with van der Waals surface area (Å²) in [5.74, 6) is 1.64. The maximum atomic E-state index is 5.46. The highest BCUT2D eigenvalue weighted by atomic mass is 17.0. The zero-order valence-electron chi connectivity index (χ0n) is 8.90. The monoisotopic (exact) mass is 208 g/mol. The molecular formula is C11H16N2O2. The molecule has 0 radical (unpaired) electrons. The fraction of sp³-hybridized carbons (Fsp3) is 0.455. The van der Waals surface area contributed by atoms with E-state index in [0.29, 0.717) is 0 Å². The van der Waals surface area contributed by atoms with Gasteiger partial charge in [0.15, 0.2) is 11.5 Å². The van der Waals surface area contributed by atoms with Crippen molar-refractivity contribution < 1.29 is 9.68 Å². The standard InChI is InChI=1S/C11H16N2O2/c1-13-14-10-7-4-6-9(11(10)15-13)5-2-3-8-12/h4,6-7H,2-3,5,8,12H2,1H3. The van der Waals surface area contributed by atoms with E-state index < -0.39 is 0 Å². The van der Waals surface area contributed by atoms with E-state index in [4.69, 9.17) is 15.4 Å². The normalized spacial score (nSPS) is 14.5. The summed E-state index contributed by atoms with van der Waals surface area (Å²) in [6.07, 6.45) is 3.11. The molecule has 0 bridgehead atoms. The lowest BCUT2D eigenvalue weighted by atomic mass is 10.1. The van der Waals surface area contributed by atoms with Gasteiger partial charge in [0.05, 0.1) is 7.05 Å². The number of hydroxylamine groups is 2. The first kappa shape index (κ1) is 10.3. The molecule has 2 N–H and O–H groups in total. The summed E-state index contributed by atoms with van der Waals surface area (Å²) >= 11 is 0. The molecule has 1 aliphatic rings. The van der Waals surface area contributed by atoms with Gasteiger partial charge in [-0.25, -0.2) is 0 Å². The van der Waals surface area contributed by atoms with E-state index in [1.165, 1.54) is 10.8 Å². The first-order valence-corrected chi connectivity index (χ1v) is 5.23. The summed E-state index contributed by atoms with van der Waals surface area (Å²) in [6, 6.07) is 5.96. The van der Waals surface area contributed by atoms with Crippen LogP contribution in [0, 0.1) is 0 Å². The molecule has 15 heavy (non-hydrogen) atoms. The Morgan fingerprint density at radius 3 is 2.93 bits per heavy atom. The van der Waals surface area contributed by atoms with Gasteiger partial charge in [0.2, 0.25) is 0 Å². The highest BCUT2D eigenvalue weighted by Crippen LogP contribution is 2.37. The van der Waals surface area contributed by atoms with Crippen molar-refractivity contribution in [1.82, 2.24) is 5.23 Å². The van der Waals surface area contributed by atoms with Gasteiger partial charge in [0.1, 0.15) is 0 Å². The summed E-state index contributed by atoms with van der Waals surface area (Å²) in [6.45, 7) is 0.742. The highest BCUT2D eigenvalue weighted by molar-refractivity contribution is 5.47. The van der Waals surface area contributed by atoms with Crippen molar-refractivity contribution in [2.45, 2.75) is 19.3 Å². The molecule has 0 amide bonds. The molecule has 0 fully saturated rings. The number of unbranched alkanes of at least 4 members (excludes halogenated alkanes) is 1. The number of rotatable bonds is 4. The van der Waals surface area contributed by atoms with Gasteiger partial charge in [0, 0.05) is 10.8 Å². The van der Waals surface area contributed by atoms with E-state index in [2.05, 4.69) is 6.07 Å². The molecule has 0 atom stereocenters. The smallest absolute Gasteiger partial charge is 0.199 e. The second-order valence-electron chi connectivity index (χ2n) is 3.61. The zero-order chi connectivity index (χ0) is 10.7. The predicted octanol–water partition coefficient (Wildman–Crippen LogP) is 1.50. The van der Waals surface area contributed by atoms with Gasteiger partial charge in [-0.3, -0.25) is 0 Å². The summed E-state index contributed by atoms with van der Waals surface area (Å²) in [5, 5.41) is 1.37. The fourth-order valence-corrected chi connectivity index (χ4v) is 1.68. The maximum absolute atomic E-state index is 5.46. The first-order chi connectivity index (χ1) is 7.31. The van der Waals surface area contributed by atoms with E-state index in [9.17, 15) is 0 Å². The van der Waals surface area contributed by atoms with Crippen LogP contribution in [-0.2, 0) is 6.42 Å².